The monoisotopic (exact) mass is 172 g/mol. The molecular formula is C8H16N2O2. The van der Waals surface area contributed by atoms with E-state index >= 15 is 0 Å². The Morgan fingerprint density at radius 3 is 2.75 bits per heavy atom. The molecule has 70 valence electrons. The van der Waals surface area contributed by atoms with E-state index in [0.29, 0.717) is 12.3 Å². The summed E-state index contributed by atoms with van der Waals surface area (Å²) in [6.07, 6.45) is 2.91. The molecule has 0 unspecified atom stereocenters. The molecule has 12 heavy (non-hydrogen) atoms. The van der Waals surface area contributed by atoms with Crippen LogP contribution in [0.25, 0.3) is 0 Å². The molecule has 0 amide bonds. The van der Waals surface area contributed by atoms with Gasteiger partial charge in [-0.3, -0.25) is 0 Å². The van der Waals surface area contributed by atoms with Crippen LogP contribution in [0.1, 0.15) is 26.2 Å². The number of hydrogen-bond donors (Lipinski definition) is 2. The van der Waals surface area contributed by atoms with E-state index in [2.05, 4.69) is 5.16 Å². The van der Waals surface area contributed by atoms with E-state index < -0.39 is 0 Å². The van der Waals surface area contributed by atoms with Crippen molar-refractivity contribution >= 4 is 5.84 Å². The van der Waals surface area contributed by atoms with Gasteiger partial charge < -0.3 is 15.7 Å². The summed E-state index contributed by atoms with van der Waals surface area (Å²) in [5, 5.41) is 11.3. The van der Waals surface area contributed by atoms with Crippen LogP contribution in [0.2, 0.25) is 0 Å². The Hall–Kier alpha value is -0.770. The van der Waals surface area contributed by atoms with Crippen molar-refractivity contribution in [1.82, 2.24) is 0 Å². The highest BCUT2D eigenvalue weighted by Gasteiger charge is 2.43. The first kappa shape index (κ1) is 9.32. The molecule has 0 aliphatic heterocycles. The standard InChI is InChI=1S/C8H16N2O2/c1-2-12-6-8(3-4-8)5-7(9)10-11/h11H,2-6H2,1H3,(H2,9,10). The van der Waals surface area contributed by atoms with Gasteiger partial charge in [-0.1, -0.05) is 5.16 Å². The van der Waals surface area contributed by atoms with Gasteiger partial charge in [-0.2, -0.15) is 0 Å². The molecule has 1 rings (SSSR count). The molecule has 0 heterocycles. The minimum Gasteiger partial charge on any atom is -0.409 e. The molecule has 1 aliphatic rings. The molecule has 0 bridgehead atoms. The van der Waals surface area contributed by atoms with E-state index in [0.717, 1.165) is 26.1 Å². The second-order valence-corrected chi connectivity index (χ2v) is 3.41. The molecule has 0 atom stereocenters. The van der Waals surface area contributed by atoms with Gasteiger partial charge in [-0.25, -0.2) is 0 Å². The van der Waals surface area contributed by atoms with Crippen molar-refractivity contribution in [3.8, 4) is 0 Å². The van der Waals surface area contributed by atoms with E-state index in [9.17, 15) is 0 Å². The van der Waals surface area contributed by atoms with Crippen molar-refractivity contribution in [2.24, 2.45) is 16.3 Å². The van der Waals surface area contributed by atoms with Crippen molar-refractivity contribution in [3.63, 3.8) is 0 Å². The van der Waals surface area contributed by atoms with Crippen molar-refractivity contribution in [2.75, 3.05) is 13.2 Å². The van der Waals surface area contributed by atoms with Gasteiger partial charge in [0.25, 0.3) is 0 Å². The highest BCUT2D eigenvalue weighted by molar-refractivity contribution is 5.80. The summed E-state index contributed by atoms with van der Waals surface area (Å²) in [4.78, 5) is 0. The zero-order valence-corrected chi connectivity index (χ0v) is 7.42. The van der Waals surface area contributed by atoms with Crippen LogP contribution in [-0.4, -0.2) is 24.3 Å². The molecule has 0 aromatic rings. The van der Waals surface area contributed by atoms with Crippen LogP contribution in [-0.2, 0) is 4.74 Å². The fraction of sp³-hybridized carbons (Fsp3) is 0.875. The third-order valence-corrected chi connectivity index (χ3v) is 2.25. The highest BCUT2D eigenvalue weighted by Crippen LogP contribution is 2.48. The van der Waals surface area contributed by atoms with Crippen molar-refractivity contribution < 1.29 is 9.94 Å². The molecule has 1 aliphatic carbocycles. The topological polar surface area (TPSA) is 67.8 Å². The van der Waals surface area contributed by atoms with Crippen LogP contribution < -0.4 is 5.73 Å². The molecule has 0 saturated heterocycles. The smallest absolute Gasteiger partial charge is 0.139 e. The highest BCUT2D eigenvalue weighted by atomic mass is 16.5. The summed E-state index contributed by atoms with van der Waals surface area (Å²) in [7, 11) is 0. The number of rotatable bonds is 5. The fourth-order valence-corrected chi connectivity index (χ4v) is 1.29. The first-order valence-corrected chi connectivity index (χ1v) is 4.26. The van der Waals surface area contributed by atoms with E-state index in [1.165, 1.54) is 0 Å². The zero-order chi connectivity index (χ0) is 9.03. The largest absolute Gasteiger partial charge is 0.409 e. The first-order valence-electron chi connectivity index (χ1n) is 4.26. The maximum Gasteiger partial charge on any atom is 0.139 e. The van der Waals surface area contributed by atoms with Crippen molar-refractivity contribution in [2.45, 2.75) is 26.2 Å². The Morgan fingerprint density at radius 1 is 1.67 bits per heavy atom. The van der Waals surface area contributed by atoms with Crippen LogP contribution in [0.3, 0.4) is 0 Å². The quantitative estimate of drug-likeness (QED) is 0.280. The number of nitrogens with zero attached hydrogens (tertiary/aromatic N) is 1. The Balaban J connectivity index is 2.29. The molecule has 0 spiro atoms. The van der Waals surface area contributed by atoms with Crippen LogP contribution in [0.5, 0.6) is 0 Å². The third-order valence-electron chi connectivity index (χ3n) is 2.25. The molecular weight excluding hydrogens is 156 g/mol. The maximum absolute atomic E-state index is 8.37. The predicted octanol–water partition coefficient (Wildman–Crippen LogP) is 0.940. The number of hydrogen-bond acceptors (Lipinski definition) is 3. The number of ether oxygens (including phenoxy) is 1. The minimum atomic E-state index is 0.187. The minimum absolute atomic E-state index is 0.187. The number of oxime groups is 1. The molecule has 3 N–H and O–H groups in total. The molecule has 1 saturated carbocycles. The normalized spacial score (nSPS) is 20.9. The lowest BCUT2D eigenvalue weighted by molar-refractivity contribution is 0.103. The fourth-order valence-electron chi connectivity index (χ4n) is 1.29. The molecule has 4 heteroatoms. The van der Waals surface area contributed by atoms with Gasteiger partial charge in [0.05, 0.1) is 6.61 Å². The number of amidine groups is 1. The number of nitrogens with two attached hydrogens (primary N) is 1. The summed E-state index contributed by atoms with van der Waals surface area (Å²) >= 11 is 0. The molecule has 1 fully saturated rings. The summed E-state index contributed by atoms with van der Waals surface area (Å²) in [6.45, 7) is 3.44. The molecule has 0 radical (unpaired) electrons. The Labute approximate surface area is 72.4 Å². The second-order valence-electron chi connectivity index (χ2n) is 3.41. The Morgan fingerprint density at radius 2 is 2.33 bits per heavy atom. The van der Waals surface area contributed by atoms with Crippen molar-refractivity contribution in [1.29, 1.82) is 0 Å². The van der Waals surface area contributed by atoms with Crippen LogP contribution in [0, 0.1) is 5.41 Å². The molecule has 4 nitrogen and oxygen atoms in total. The van der Waals surface area contributed by atoms with Gasteiger partial charge in [0.1, 0.15) is 5.84 Å². The van der Waals surface area contributed by atoms with Crippen LogP contribution >= 0.6 is 0 Å². The lowest BCUT2D eigenvalue weighted by Gasteiger charge is -2.12. The summed E-state index contributed by atoms with van der Waals surface area (Å²) in [5.41, 5.74) is 5.60. The lowest BCUT2D eigenvalue weighted by atomic mass is 10.0. The zero-order valence-electron chi connectivity index (χ0n) is 7.42. The van der Waals surface area contributed by atoms with Gasteiger partial charge in [0.2, 0.25) is 0 Å². The first-order chi connectivity index (χ1) is 5.72. The Bertz CT molecular complexity index is 176. The molecule has 0 aromatic heterocycles. The predicted molar refractivity (Wildman–Crippen MR) is 46.2 cm³/mol. The Kier molecular flexibility index (Phi) is 2.92. The molecule has 0 aromatic carbocycles. The van der Waals surface area contributed by atoms with Crippen LogP contribution in [0.4, 0.5) is 0 Å². The average Bonchev–Trinajstić information content (AvgIpc) is 2.82. The van der Waals surface area contributed by atoms with Gasteiger partial charge in [0.15, 0.2) is 0 Å². The van der Waals surface area contributed by atoms with Gasteiger partial charge in [0, 0.05) is 18.4 Å². The summed E-state index contributed by atoms with van der Waals surface area (Å²) < 4.78 is 5.31. The summed E-state index contributed by atoms with van der Waals surface area (Å²) in [5.74, 6) is 0.312. The average molecular weight is 172 g/mol. The van der Waals surface area contributed by atoms with Gasteiger partial charge >= 0.3 is 0 Å². The van der Waals surface area contributed by atoms with Crippen LogP contribution in [0.15, 0.2) is 5.16 Å². The van der Waals surface area contributed by atoms with E-state index in [1.807, 2.05) is 6.92 Å². The van der Waals surface area contributed by atoms with E-state index in [1.54, 1.807) is 0 Å². The SMILES string of the molecule is CCOCC1(CC(N)=NO)CC1. The van der Waals surface area contributed by atoms with E-state index in [4.69, 9.17) is 15.7 Å². The van der Waals surface area contributed by atoms with Gasteiger partial charge in [-0.15, -0.1) is 0 Å². The summed E-state index contributed by atoms with van der Waals surface area (Å²) in [6, 6.07) is 0. The van der Waals surface area contributed by atoms with Crippen molar-refractivity contribution in [3.05, 3.63) is 0 Å². The second kappa shape index (κ2) is 3.76. The third kappa shape index (κ3) is 2.37. The van der Waals surface area contributed by atoms with Gasteiger partial charge in [-0.05, 0) is 19.8 Å². The maximum atomic E-state index is 8.37. The lowest BCUT2D eigenvalue weighted by Crippen LogP contribution is -2.21. The van der Waals surface area contributed by atoms with E-state index in [-0.39, 0.29) is 5.41 Å².